The van der Waals surface area contributed by atoms with Crippen molar-refractivity contribution in [2.24, 2.45) is 0 Å². The molecule has 0 fully saturated rings. The molecule has 1 amide bonds. The van der Waals surface area contributed by atoms with Crippen LogP contribution in [0.5, 0.6) is 0 Å². The first-order valence-electron chi connectivity index (χ1n) is 8.83. The van der Waals surface area contributed by atoms with Crippen molar-refractivity contribution >= 4 is 27.3 Å². The Morgan fingerprint density at radius 3 is 1.93 bits per heavy atom. The van der Waals surface area contributed by atoms with Gasteiger partial charge in [-0.3, -0.25) is 9.52 Å². The van der Waals surface area contributed by atoms with E-state index < -0.39 is 10.0 Å². The van der Waals surface area contributed by atoms with Gasteiger partial charge in [0.1, 0.15) is 0 Å². The molecule has 0 aliphatic carbocycles. The summed E-state index contributed by atoms with van der Waals surface area (Å²) in [6.07, 6.45) is 0. The molecule has 0 aromatic heterocycles. The number of anilines is 2. The predicted octanol–water partition coefficient (Wildman–Crippen LogP) is 4.66. The summed E-state index contributed by atoms with van der Waals surface area (Å²) in [5, 5.41) is 2.92. The van der Waals surface area contributed by atoms with E-state index in [1.807, 2.05) is 39.0 Å². The Bertz CT molecular complexity index is 1080. The first-order chi connectivity index (χ1) is 13.3. The zero-order valence-electron chi connectivity index (χ0n) is 16.0. The summed E-state index contributed by atoms with van der Waals surface area (Å²) in [6.45, 7) is 5.77. The molecule has 5 nitrogen and oxygen atoms in total. The maximum atomic E-state index is 12.5. The van der Waals surface area contributed by atoms with E-state index in [2.05, 4.69) is 10.0 Å². The van der Waals surface area contributed by atoms with E-state index in [1.165, 1.54) is 0 Å². The topological polar surface area (TPSA) is 75.3 Å². The number of nitrogens with one attached hydrogen (secondary N) is 2. The van der Waals surface area contributed by atoms with Crippen LogP contribution in [0.1, 0.15) is 27.0 Å². The minimum absolute atomic E-state index is 0.190. The van der Waals surface area contributed by atoms with Gasteiger partial charge in [-0.15, -0.1) is 0 Å². The third-order valence-electron chi connectivity index (χ3n) is 4.45. The lowest BCUT2D eigenvalue weighted by Crippen LogP contribution is -2.15. The lowest BCUT2D eigenvalue weighted by molar-refractivity contribution is 0.102. The normalized spacial score (nSPS) is 11.1. The Morgan fingerprint density at radius 2 is 1.36 bits per heavy atom. The number of carbonyl (C=O) groups excluding carboxylic acids is 1. The fourth-order valence-electron chi connectivity index (χ4n) is 2.82. The number of hydrogen-bond acceptors (Lipinski definition) is 3. The molecule has 144 valence electrons. The van der Waals surface area contributed by atoms with Gasteiger partial charge in [-0.1, -0.05) is 35.9 Å². The molecule has 0 aliphatic rings. The molecule has 0 unspecified atom stereocenters. The van der Waals surface area contributed by atoms with Crippen LogP contribution in [0, 0.1) is 20.8 Å². The number of sulfonamides is 1. The van der Waals surface area contributed by atoms with Crippen LogP contribution in [0.2, 0.25) is 0 Å². The summed E-state index contributed by atoms with van der Waals surface area (Å²) in [6, 6.07) is 18.8. The monoisotopic (exact) mass is 394 g/mol. The van der Waals surface area contributed by atoms with Crippen LogP contribution in [0.15, 0.2) is 71.6 Å². The quantitative estimate of drug-likeness (QED) is 0.661. The second-order valence-electron chi connectivity index (χ2n) is 6.72. The molecule has 0 saturated carbocycles. The molecule has 3 aromatic carbocycles. The molecule has 3 aromatic rings. The number of rotatable bonds is 5. The Hall–Kier alpha value is -3.12. The van der Waals surface area contributed by atoms with Crippen molar-refractivity contribution in [3.05, 3.63) is 89.0 Å². The third kappa shape index (κ3) is 4.40. The van der Waals surface area contributed by atoms with Gasteiger partial charge in [0.25, 0.3) is 15.9 Å². The van der Waals surface area contributed by atoms with Crippen LogP contribution in [0.3, 0.4) is 0 Å². The molecule has 0 radical (unpaired) electrons. The van der Waals surface area contributed by atoms with Crippen LogP contribution >= 0.6 is 0 Å². The Balaban J connectivity index is 1.74. The number of hydrogen-bond donors (Lipinski definition) is 2. The Morgan fingerprint density at radius 1 is 0.786 bits per heavy atom. The van der Waals surface area contributed by atoms with E-state index in [-0.39, 0.29) is 10.8 Å². The van der Waals surface area contributed by atoms with Gasteiger partial charge in [0.2, 0.25) is 0 Å². The SMILES string of the molecule is Cc1ccc(S(=O)(=O)Nc2ccc(C(=O)Nc3c(C)cccc3C)cc2)cc1. The van der Waals surface area contributed by atoms with Gasteiger partial charge >= 0.3 is 0 Å². The maximum Gasteiger partial charge on any atom is 0.261 e. The van der Waals surface area contributed by atoms with E-state index in [0.29, 0.717) is 11.3 Å². The second kappa shape index (κ2) is 7.86. The molecular weight excluding hydrogens is 372 g/mol. The van der Waals surface area contributed by atoms with E-state index in [1.54, 1.807) is 48.5 Å². The maximum absolute atomic E-state index is 12.5. The van der Waals surface area contributed by atoms with Gasteiger partial charge < -0.3 is 5.32 Å². The fourth-order valence-corrected chi connectivity index (χ4v) is 3.88. The lowest BCUT2D eigenvalue weighted by Gasteiger charge is -2.12. The van der Waals surface area contributed by atoms with Crippen LogP contribution in [0.25, 0.3) is 0 Å². The zero-order valence-corrected chi connectivity index (χ0v) is 16.8. The highest BCUT2D eigenvalue weighted by molar-refractivity contribution is 7.92. The number of para-hydroxylation sites is 1. The summed E-state index contributed by atoms with van der Waals surface area (Å²) in [5.74, 6) is -0.245. The minimum atomic E-state index is -3.67. The van der Waals surface area contributed by atoms with Crippen molar-refractivity contribution in [2.45, 2.75) is 25.7 Å². The smallest absolute Gasteiger partial charge is 0.261 e. The highest BCUT2D eigenvalue weighted by Gasteiger charge is 2.15. The van der Waals surface area contributed by atoms with Crippen molar-refractivity contribution in [1.82, 2.24) is 0 Å². The predicted molar refractivity (Wildman–Crippen MR) is 112 cm³/mol. The third-order valence-corrected chi connectivity index (χ3v) is 5.85. The van der Waals surface area contributed by atoms with Crippen molar-refractivity contribution in [3.8, 4) is 0 Å². The standard InChI is InChI=1S/C22H22N2O3S/c1-15-7-13-20(14-8-15)28(26,27)24-19-11-9-18(10-12-19)22(25)23-21-16(2)5-4-6-17(21)3/h4-14,24H,1-3H3,(H,23,25). The summed E-state index contributed by atoms with van der Waals surface area (Å²) >= 11 is 0. The summed E-state index contributed by atoms with van der Waals surface area (Å²) in [7, 11) is -3.67. The van der Waals surface area contributed by atoms with E-state index in [4.69, 9.17) is 0 Å². The van der Waals surface area contributed by atoms with Gasteiger partial charge in [-0.25, -0.2) is 8.42 Å². The average molecular weight is 394 g/mol. The molecule has 0 heterocycles. The highest BCUT2D eigenvalue weighted by atomic mass is 32.2. The second-order valence-corrected chi connectivity index (χ2v) is 8.40. The van der Waals surface area contributed by atoms with Crippen LogP contribution in [-0.2, 0) is 10.0 Å². The number of benzene rings is 3. The molecule has 28 heavy (non-hydrogen) atoms. The molecule has 6 heteroatoms. The van der Waals surface area contributed by atoms with E-state index >= 15 is 0 Å². The average Bonchev–Trinajstić information content (AvgIpc) is 2.65. The molecule has 2 N–H and O–H groups in total. The van der Waals surface area contributed by atoms with Gasteiger partial charge in [0.05, 0.1) is 4.90 Å². The van der Waals surface area contributed by atoms with Crippen LogP contribution in [-0.4, -0.2) is 14.3 Å². The Kier molecular flexibility index (Phi) is 5.51. The summed E-state index contributed by atoms with van der Waals surface area (Å²) < 4.78 is 27.4. The zero-order chi connectivity index (χ0) is 20.3. The van der Waals surface area contributed by atoms with Gasteiger partial charge in [-0.05, 0) is 68.3 Å². The largest absolute Gasteiger partial charge is 0.322 e. The van der Waals surface area contributed by atoms with Crippen molar-refractivity contribution < 1.29 is 13.2 Å². The van der Waals surface area contributed by atoms with Crippen molar-refractivity contribution in [3.63, 3.8) is 0 Å². The van der Waals surface area contributed by atoms with E-state index in [0.717, 1.165) is 22.4 Å². The molecule has 0 spiro atoms. The highest BCUT2D eigenvalue weighted by Crippen LogP contribution is 2.21. The molecule has 0 bridgehead atoms. The molecule has 0 atom stereocenters. The van der Waals surface area contributed by atoms with Gasteiger partial charge in [-0.2, -0.15) is 0 Å². The lowest BCUT2D eigenvalue weighted by atomic mass is 10.1. The molecule has 0 aliphatic heterocycles. The molecule has 3 rings (SSSR count). The molecular formula is C22H22N2O3S. The van der Waals surface area contributed by atoms with Crippen LogP contribution in [0.4, 0.5) is 11.4 Å². The van der Waals surface area contributed by atoms with E-state index in [9.17, 15) is 13.2 Å². The Labute approximate surface area is 165 Å². The van der Waals surface area contributed by atoms with Crippen LogP contribution < -0.4 is 10.0 Å². The number of aryl methyl sites for hydroxylation is 3. The summed E-state index contributed by atoms with van der Waals surface area (Å²) in [4.78, 5) is 12.7. The number of amides is 1. The first kappa shape index (κ1) is 19.6. The first-order valence-corrected chi connectivity index (χ1v) is 10.3. The van der Waals surface area contributed by atoms with Crippen molar-refractivity contribution in [1.29, 1.82) is 0 Å². The van der Waals surface area contributed by atoms with Gasteiger partial charge in [0.15, 0.2) is 0 Å². The summed E-state index contributed by atoms with van der Waals surface area (Å²) in [5.41, 5.74) is 4.58. The fraction of sp³-hybridized carbons (Fsp3) is 0.136. The minimum Gasteiger partial charge on any atom is -0.322 e. The molecule has 0 saturated heterocycles. The van der Waals surface area contributed by atoms with Gasteiger partial charge in [0, 0.05) is 16.9 Å². The number of carbonyl (C=O) groups is 1. The van der Waals surface area contributed by atoms with Crippen molar-refractivity contribution in [2.75, 3.05) is 10.0 Å².